The number of phenols is 1. The van der Waals surface area contributed by atoms with Crippen LogP contribution in [0.25, 0.3) is 0 Å². The van der Waals surface area contributed by atoms with Gasteiger partial charge >= 0.3 is 0 Å². The van der Waals surface area contributed by atoms with E-state index in [1.807, 2.05) is 0 Å². The molecule has 1 heterocycles. The average molecular weight is 433 g/mol. The van der Waals surface area contributed by atoms with Crippen LogP contribution in [0, 0.1) is 11.6 Å². The largest absolute Gasteiger partial charge is 0.508 e. The number of phenolic OH excluding ortho intramolecular Hbond substituents is 1. The number of nitrogens with one attached hydrogen (secondary N) is 2. The summed E-state index contributed by atoms with van der Waals surface area (Å²) in [5, 5.41) is 23.8. The number of hydrogen-bond acceptors (Lipinski definition) is 8. The molecule has 0 amide bonds. The molecule has 0 spiro atoms. The number of aromatic nitrogens is 3. The summed E-state index contributed by atoms with van der Waals surface area (Å²) in [7, 11) is 0. The van der Waals surface area contributed by atoms with Crippen molar-refractivity contribution in [1.82, 2.24) is 15.0 Å². The molecule has 0 atom stereocenters. The Morgan fingerprint density at radius 3 is 1.78 bits per heavy atom. The zero-order chi connectivity index (χ0) is 22.3. The highest BCUT2D eigenvalue weighted by atomic mass is 19.1. The van der Waals surface area contributed by atoms with E-state index in [9.17, 15) is 13.9 Å². The van der Waals surface area contributed by atoms with Crippen LogP contribution in [0.1, 0.15) is 5.56 Å². The molecular formula is C22H17F2N7O. The molecule has 8 nitrogen and oxygen atoms in total. The van der Waals surface area contributed by atoms with Gasteiger partial charge in [0.05, 0.1) is 6.54 Å². The van der Waals surface area contributed by atoms with Crippen LogP contribution in [-0.4, -0.2) is 20.1 Å². The Hall–Kier alpha value is -4.47. The second-order valence-corrected chi connectivity index (χ2v) is 6.57. The Morgan fingerprint density at radius 1 is 0.719 bits per heavy atom. The Morgan fingerprint density at radius 2 is 1.25 bits per heavy atom. The Labute approximate surface area is 181 Å². The molecule has 160 valence electrons. The Balaban J connectivity index is 1.59. The highest BCUT2D eigenvalue weighted by Gasteiger charge is 2.08. The van der Waals surface area contributed by atoms with Gasteiger partial charge in [-0.2, -0.15) is 20.1 Å². The first-order valence-electron chi connectivity index (χ1n) is 9.51. The Kier molecular flexibility index (Phi) is 6.21. The molecule has 0 aliphatic carbocycles. The van der Waals surface area contributed by atoms with Crippen molar-refractivity contribution in [3.8, 4) is 5.75 Å². The van der Waals surface area contributed by atoms with Crippen molar-refractivity contribution in [2.45, 2.75) is 6.54 Å². The number of hydrogen-bond donors (Lipinski definition) is 3. The van der Waals surface area contributed by atoms with Crippen LogP contribution >= 0.6 is 0 Å². The number of para-hydroxylation sites is 1. The second-order valence-electron chi connectivity index (χ2n) is 6.57. The number of nitrogens with zero attached hydrogens (tertiary/aromatic N) is 5. The number of azo groups is 1. The van der Waals surface area contributed by atoms with Crippen molar-refractivity contribution >= 4 is 29.2 Å². The minimum absolute atomic E-state index is 0.00430. The highest BCUT2D eigenvalue weighted by molar-refractivity contribution is 5.58. The first-order chi connectivity index (χ1) is 15.5. The lowest BCUT2D eigenvalue weighted by Gasteiger charge is -2.09. The zero-order valence-corrected chi connectivity index (χ0v) is 16.6. The molecule has 1 aromatic heterocycles. The first-order valence-corrected chi connectivity index (χ1v) is 9.51. The van der Waals surface area contributed by atoms with Gasteiger partial charge in [-0.3, -0.25) is 0 Å². The third-order valence-electron chi connectivity index (χ3n) is 4.22. The summed E-state index contributed by atoms with van der Waals surface area (Å²) in [5.41, 5.74) is 1.71. The van der Waals surface area contributed by atoms with Crippen molar-refractivity contribution in [2.24, 2.45) is 10.2 Å². The molecule has 32 heavy (non-hydrogen) atoms. The van der Waals surface area contributed by atoms with Gasteiger partial charge in [0.15, 0.2) is 0 Å². The fourth-order valence-electron chi connectivity index (χ4n) is 2.67. The van der Waals surface area contributed by atoms with Gasteiger partial charge in [-0.1, -0.05) is 18.2 Å². The van der Waals surface area contributed by atoms with Crippen LogP contribution in [-0.2, 0) is 6.54 Å². The molecule has 0 aliphatic heterocycles. The zero-order valence-electron chi connectivity index (χ0n) is 16.6. The van der Waals surface area contributed by atoms with Crippen molar-refractivity contribution in [3.05, 3.63) is 90.0 Å². The maximum atomic E-state index is 13.2. The Bertz CT molecular complexity index is 1170. The number of anilines is 4. The van der Waals surface area contributed by atoms with Gasteiger partial charge in [-0.05, 0) is 54.6 Å². The second kappa shape index (κ2) is 9.56. The van der Waals surface area contributed by atoms with Gasteiger partial charge in [0.2, 0.25) is 11.9 Å². The van der Waals surface area contributed by atoms with Crippen LogP contribution in [0.2, 0.25) is 0 Å². The fraction of sp³-hybridized carbons (Fsp3) is 0.0455. The normalized spacial score (nSPS) is 10.9. The van der Waals surface area contributed by atoms with E-state index >= 15 is 0 Å². The van der Waals surface area contributed by atoms with Gasteiger partial charge in [-0.25, -0.2) is 8.78 Å². The minimum Gasteiger partial charge on any atom is -0.508 e. The van der Waals surface area contributed by atoms with Gasteiger partial charge in [0.25, 0.3) is 5.95 Å². The summed E-state index contributed by atoms with van der Waals surface area (Å²) in [4.78, 5) is 12.7. The molecule has 3 N–H and O–H groups in total. The van der Waals surface area contributed by atoms with E-state index in [1.165, 1.54) is 48.5 Å². The van der Waals surface area contributed by atoms with Crippen molar-refractivity contribution in [1.29, 1.82) is 0 Å². The minimum atomic E-state index is -0.372. The van der Waals surface area contributed by atoms with E-state index in [1.54, 1.807) is 24.3 Å². The summed E-state index contributed by atoms with van der Waals surface area (Å²) in [5.74, 6) is -0.337. The van der Waals surface area contributed by atoms with Crippen molar-refractivity contribution in [2.75, 3.05) is 10.6 Å². The van der Waals surface area contributed by atoms with Gasteiger partial charge < -0.3 is 15.7 Å². The average Bonchev–Trinajstić information content (AvgIpc) is 2.78. The quantitative estimate of drug-likeness (QED) is 0.326. The molecule has 4 rings (SSSR count). The van der Waals surface area contributed by atoms with E-state index in [4.69, 9.17) is 0 Å². The lowest BCUT2D eigenvalue weighted by molar-refractivity contribution is 0.468. The topological polar surface area (TPSA) is 108 Å². The van der Waals surface area contributed by atoms with Crippen LogP contribution in [0.5, 0.6) is 5.75 Å². The lowest BCUT2D eigenvalue weighted by Crippen LogP contribution is -2.03. The SMILES string of the molecule is Oc1ccccc1CN=Nc1nc(Nc2ccc(F)cc2)nc(Nc2ccc(F)cc2)n1. The smallest absolute Gasteiger partial charge is 0.275 e. The van der Waals surface area contributed by atoms with E-state index in [0.717, 1.165) is 0 Å². The predicted molar refractivity (Wildman–Crippen MR) is 116 cm³/mol. The molecule has 0 unspecified atom stereocenters. The molecule has 0 saturated heterocycles. The summed E-state index contributed by atoms with van der Waals surface area (Å²) in [6.45, 7) is 0.125. The summed E-state index contributed by atoms with van der Waals surface area (Å²) in [6, 6.07) is 18.1. The molecular weight excluding hydrogens is 416 g/mol. The molecule has 0 fully saturated rings. The number of benzene rings is 3. The summed E-state index contributed by atoms with van der Waals surface area (Å²) >= 11 is 0. The third kappa shape index (κ3) is 5.57. The maximum Gasteiger partial charge on any atom is 0.275 e. The molecule has 3 aromatic carbocycles. The molecule has 0 aliphatic rings. The molecule has 0 saturated carbocycles. The van der Waals surface area contributed by atoms with Crippen LogP contribution in [0.4, 0.5) is 38.0 Å². The standard InChI is InChI=1S/C22H17F2N7O/c23-15-5-9-17(10-6-15)26-20-28-21(27-18-11-7-16(24)8-12-18)30-22(29-20)31-25-13-14-3-1-2-4-19(14)32/h1-12,32H,13H2,(H2,26,27,28,29,30). The van der Waals surface area contributed by atoms with E-state index < -0.39 is 0 Å². The van der Waals surface area contributed by atoms with Crippen LogP contribution < -0.4 is 10.6 Å². The van der Waals surface area contributed by atoms with Crippen LogP contribution in [0.15, 0.2) is 83.0 Å². The number of aromatic hydroxyl groups is 1. The van der Waals surface area contributed by atoms with Crippen molar-refractivity contribution < 1.29 is 13.9 Å². The molecule has 0 bridgehead atoms. The van der Waals surface area contributed by atoms with E-state index in [0.29, 0.717) is 16.9 Å². The third-order valence-corrected chi connectivity index (χ3v) is 4.22. The predicted octanol–water partition coefficient (Wildman–Crippen LogP) is 5.63. The van der Waals surface area contributed by atoms with Crippen LogP contribution in [0.3, 0.4) is 0 Å². The molecule has 10 heteroatoms. The van der Waals surface area contributed by atoms with E-state index in [2.05, 4.69) is 35.8 Å². The summed E-state index contributed by atoms with van der Waals surface area (Å²) in [6.07, 6.45) is 0. The highest BCUT2D eigenvalue weighted by Crippen LogP contribution is 2.21. The molecule has 4 aromatic rings. The number of halogens is 2. The first kappa shape index (κ1) is 20.8. The maximum absolute atomic E-state index is 13.2. The molecule has 0 radical (unpaired) electrons. The monoisotopic (exact) mass is 433 g/mol. The lowest BCUT2D eigenvalue weighted by atomic mass is 10.2. The van der Waals surface area contributed by atoms with E-state index in [-0.39, 0.29) is 41.8 Å². The number of rotatable bonds is 7. The summed E-state index contributed by atoms with van der Waals surface area (Å²) < 4.78 is 26.4. The van der Waals surface area contributed by atoms with Crippen molar-refractivity contribution in [3.63, 3.8) is 0 Å². The van der Waals surface area contributed by atoms with Gasteiger partial charge in [-0.15, -0.1) is 5.11 Å². The van der Waals surface area contributed by atoms with Gasteiger partial charge in [0, 0.05) is 16.9 Å². The van der Waals surface area contributed by atoms with Gasteiger partial charge in [0.1, 0.15) is 17.4 Å². The fourth-order valence-corrected chi connectivity index (χ4v) is 2.67.